The summed E-state index contributed by atoms with van der Waals surface area (Å²) in [6.45, 7) is 5.03. The first-order chi connectivity index (χ1) is 10.1. The van der Waals surface area contributed by atoms with Crippen molar-refractivity contribution in [2.75, 3.05) is 65.7 Å². The second-order valence-corrected chi connectivity index (χ2v) is 5.63. The normalized spacial score (nSPS) is 16.3. The summed E-state index contributed by atoms with van der Waals surface area (Å²) in [5.41, 5.74) is 0.415. The van der Waals surface area contributed by atoms with E-state index in [0.717, 1.165) is 39.3 Å². The summed E-state index contributed by atoms with van der Waals surface area (Å²) in [5, 5.41) is 11.3. The van der Waals surface area contributed by atoms with E-state index in [9.17, 15) is 4.79 Å². The third-order valence-electron chi connectivity index (χ3n) is 3.54. The van der Waals surface area contributed by atoms with Gasteiger partial charge in [0.05, 0.1) is 0 Å². The molecule has 0 bridgehead atoms. The molecule has 0 unspecified atom stereocenters. The zero-order valence-electron chi connectivity index (χ0n) is 13.0. The van der Waals surface area contributed by atoms with Crippen molar-refractivity contribution in [2.45, 2.75) is 0 Å². The van der Waals surface area contributed by atoms with Crippen LogP contribution in [0.15, 0.2) is 12.1 Å². The Hall–Kier alpha value is -1.73. The van der Waals surface area contributed by atoms with Crippen LogP contribution >= 0.6 is 0 Å². The lowest BCUT2D eigenvalue weighted by molar-refractivity contribution is 0.0657. The number of rotatable bonds is 5. The summed E-state index contributed by atoms with van der Waals surface area (Å²) in [5.74, 6) is 0.669. The molecule has 1 saturated heterocycles. The lowest BCUT2D eigenvalue weighted by atomic mass is 10.3. The second-order valence-electron chi connectivity index (χ2n) is 5.63. The Morgan fingerprint density at radius 2 is 1.95 bits per heavy atom. The number of aromatic nitrogens is 2. The van der Waals surface area contributed by atoms with Crippen molar-refractivity contribution in [3.05, 3.63) is 17.8 Å². The Morgan fingerprint density at radius 1 is 1.24 bits per heavy atom. The summed E-state index contributed by atoms with van der Waals surface area (Å²) in [6.07, 6.45) is 0. The first kappa shape index (κ1) is 15.7. The largest absolute Gasteiger partial charge is 0.367 e. The summed E-state index contributed by atoms with van der Waals surface area (Å²) < 4.78 is 0. The summed E-state index contributed by atoms with van der Waals surface area (Å²) in [4.78, 5) is 18.4. The fourth-order valence-corrected chi connectivity index (χ4v) is 2.12. The van der Waals surface area contributed by atoms with Gasteiger partial charge in [-0.15, -0.1) is 10.2 Å². The lowest BCUT2D eigenvalue weighted by Gasteiger charge is -2.32. The third-order valence-corrected chi connectivity index (χ3v) is 3.54. The van der Waals surface area contributed by atoms with Gasteiger partial charge in [-0.1, -0.05) is 0 Å². The van der Waals surface area contributed by atoms with Gasteiger partial charge < -0.3 is 20.0 Å². The standard InChI is InChI=1S/C14H24N6O/c1-18(2)7-6-15-13-5-4-12(16-17-13)14(21)20-10-8-19(3)9-11-20/h4-5H,6-11H2,1-3H3,(H,15,17). The molecule has 7 nitrogen and oxygen atoms in total. The predicted molar refractivity (Wildman–Crippen MR) is 82.5 cm³/mol. The molecule has 1 aliphatic rings. The van der Waals surface area contributed by atoms with Crippen LogP contribution in [-0.4, -0.2) is 91.2 Å². The molecule has 1 N–H and O–H groups in total. The van der Waals surface area contributed by atoms with E-state index in [1.165, 1.54) is 0 Å². The Morgan fingerprint density at radius 3 is 2.52 bits per heavy atom. The van der Waals surface area contributed by atoms with Crippen molar-refractivity contribution in [1.82, 2.24) is 24.9 Å². The van der Waals surface area contributed by atoms with E-state index in [0.29, 0.717) is 11.5 Å². The van der Waals surface area contributed by atoms with Crippen LogP contribution in [-0.2, 0) is 0 Å². The van der Waals surface area contributed by atoms with Crippen LogP contribution in [0.5, 0.6) is 0 Å². The van der Waals surface area contributed by atoms with E-state index < -0.39 is 0 Å². The maximum atomic E-state index is 12.3. The topological polar surface area (TPSA) is 64.6 Å². The summed E-state index contributed by atoms with van der Waals surface area (Å²) >= 11 is 0. The van der Waals surface area contributed by atoms with E-state index in [4.69, 9.17) is 0 Å². The van der Waals surface area contributed by atoms with Crippen LogP contribution in [0.25, 0.3) is 0 Å². The molecule has 7 heteroatoms. The van der Waals surface area contributed by atoms with Gasteiger partial charge in [-0.25, -0.2) is 0 Å². The van der Waals surface area contributed by atoms with Crippen LogP contribution in [0.4, 0.5) is 5.82 Å². The smallest absolute Gasteiger partial charge is 0.274 e. The maximum absolute atomic E-state index is 12.3. The molecule has 2 rings (SSSR count). The molecular weight excluding hydrogens is 268 g/mol. The van der Waals surface area contributed by atoms with Crippen LogP contribution < -0.4 is 5.32 Å². The van der Waals surface area contributed by atoms with E-state index in [1.807, 2.05) is 25.1 Å². The van der Waals surface area contributed by atoms with Gasteiger partial charge in [-0.2, -0.15) is 0 Å². The second kappa shape index (κ2) is 7.33. The fourth-order valence-electron chi connectivity index (χ4n) is 2.12. The molecule has 1 aliphatic heterocycles. The minimum atomic E-state index is -0.0320. The monoisotopic (exact) mass is 292 g/mol. The number of amides is 1. The number of carbonyl (C=O) groups excluding carboxylic acids is 1. The molecule has 116 valence electrons. The van der Waals surface area contributed by atoms with Crippen molar-refractivity contribution in [3.63, 3.8) is 0 Å². The van der Waals surface area contributed by atoms with E-state index in [-0.39, 0.29) is 5.91 Å². The maximum Gasteiger partial charge on any atom is 0.274 e. The highest BCUT2D eigenvalue weighted by Crippen LogP contribution is 2.07. The van der Waals surface area contributed by atoms with Gasteiger partial charge in [-0.05, 0) is 33.3 Å². The number of anilines is 1. The minimum Gasteiger partial charge on any atom is -0.367 e. The van der Waals surface area contributed by atoms with Crippen LogP contribution in [0.3, 0.4) is 0 Å². The molecule has 0 aliphatic carbocycles. The number of nitrogens with zero attached hydrogens (tertiary/aromatic N) is 5. The molecule has 0 radical (unpaired) electrons. The van der Waals surface area contributed by atoms with Crippen molar-refractivity contribution in [2.24, 2.45) is 0 Å². The van der Waals surface area contributed by atoms with Crippen LogP contribution in [0.2, 0.25) is 0 Å². The van der Waals surface area contributed by atoms with Gasteiger partial charge in [0.25, 0.3) is 5.91 Å². The quantitative estimate of drug-likeness (QED) is 0.813. The molecule has 0 atom stereocenters. The molecule has 0 aromatic carbocycles. The van der Waals surface area contributed by atoms with E-state index in [2.05, 4.69) is 32.4 Å². The number of hydrogen-bond donors (Lipinski definition) is 1. The predicted octanol–water partition coefficient (Wildman–Crippen LogP) is -0.162. The highest BCUT2D eigenvalue weighted by atomic mass is 16.2. The minimum absolute atomic E-state index is 0.0320. The molecule has 0 saturated carbocycles. The number of nitrogens with one attached hydrogen (secondary N) is 1. The Bertz CT molecular complexity index is 453. The molecule has 1 aromatic heterocycles. The Kier molecular flexibility index (Phi) is 5.46. The first-order valence-corrected chi connectivity index (χ1v) is 7.26. The number of carbonyl (C=O) groups is 1. The van der Waals surface area contributed by atoms with Gasteiger partial charge in [0.1, 0.15) is 5.82 Å². The SMILES string of the molecule is CN(C)CCNc1ccc(C(=O)N2CCN(C)CC2)nn1. The molecular formula is C14H24N6O. The first-order valence-electron chi connectivity index (χ1n) is 7.26. The number of hydrogen-bond acceptors (Lipinski definition) is 6. The van der Waals surface area contributed by atoms with Crippen molar-refractivity contribution < 1.29 is 4.79 Å². The van der Waals surface area contributed by atoms with Crippen LogP contribution in [0.1, 0.15) is 10.5 Å². The van der Waals surface area contributed by atoms with Crippen molar-refractivity contribution >= 4 is 11.7 Å². The van der Waals surface area contributed by atoms with Crippen molar-refractivity contribution in [1.29, 1.82) is 0 Å². The summed E-state index contributed by atoms with van der Waals surface area (Å²) in [6, 6.07) is 3.55. The van der Waals surface area contributed by atoms with Gasteiger partial charge in [-0.3, -0.25) is 4.79 Å². The fraction of sp³-hybridized carbons (Fsp3) is 0.643. The molecule has 1 amide bonds. The molecule has 1 fully saturated rings. The zero-order chi connectivity index (χ0) is 15.2. The van der Waals surface area contributed by atoms with E-state index in [1.54, 1.807) is 6.07 Å². The van der Waals surface area contributed by atoms with E-state index >= 15 is 0 Å². The molecule has 2 heterocycles. The zero-order valence-corrected chi connectivity index (χ0v) is 13.0. The van der Waals surface area contributed by atoms with Gasteiger partial charge >= 0.3 is 0 Å². The lowest BCUT2D eigenvalue weighted by Crippen LogP contribution is -2.47. The third kappa shape index (κ3) is 4.64. The average molecular weight is 292 g/mol. The summed E-state index contributed by atoms with van der Waals surface area (Å²) in [7, 11) is 6.10. The average Bonchev–Trinajstić information content (AvgIpc) is 2.48. The van der Waals surface area contributed by atoms with Gasteiger partial charge in [0.2, 0.25) is 0 Å². The number of piperazine rings is 1. The Balaban J connectivity index is 1.87. The Labute approximate surface area is 125 Å². The van der Waals surface area contributed by atoms with Gasteiger partial charge in [0.15, 0.2) is 5.69 Å². The van der Waals surface area contributed by atoms with Crippen molar-refractivity contribution in [3.8, 4) is 0 Å². The highest BCUT2D eigenvalue weighted by molar-refractivity contribution is 5.92. The molecule has 21 heavy (non-hydrogen) atoms. The molecule has 0 spiro atoms. The highest BCUT2D eigenvalue weighted by Gasteiger charge is 2.21. The van der Waals surface area contributed by atoms with Gasteiger partial charge in [0, 0.05) is 39.3 Å². The number of likely N-dealkylation sites (N-methyl/N-ethyl adjacent to an activating group) is 2. The molecule has 1 aromatic rings. The van der Waals surface area contributed by atoms with Crippen LogP contribution in [0, 0.1) is 0 Å².